The van der Waals surface area contributed by atoms with Crippen molar-refractivity contribution in [2.75, 3.05) is 0 Å². The average molecular weight is 277 g/mol. The molecule has 1 nitrogen and oxygen atoms in total. The van der Waals surface area contributed by atoms with Crippen molar-refractivity contribution in [1.29, 1.82) is 0 Å². The van der Waals surface area contributed by atoms with Gasteiger partial charge in [0, 0.05) is 17.0 Å². The lowest BCUT2D eigenvalue weighted by molar-refractivity contribution is 0.287. The molecule has 3 rings (SSSR count). The van der Waals surface area contributed by atoms with E-state index in [9.17, 15) is 0 Å². The van der Waals surface area contributed by atoms with Crippen LogP contribution in [0, 0.1) is 11.8 Å². The molecule has 1 N–H and O–H groups in total. The predicted octanol–water partition coefficient (Wildman–Crippen LogP) is 5.15. The van der Waals surface area contributed by atoms with Crippen molar-refractivity contribution in [3.05, 3.63) is 22.4 Å². The van der Waals surface area contributed by atoms with Crippen LogP contribution in [0.5, 0.6) is 0 Å². The molecule has 1 aromatic heterocycles. The highest BCUT2D eigenvalue weighted by atomic mass is 32.1. The summed E-state index contributed by atoms with van der Waals surface area (Å²) >= 11 is 1.94. The molecule has 0 aromatic carbocycles. The Bertz CT molecular complexity index is 361. The molecule has 19 heavy (non-hydrogen) atoms. The van der Waals surface area contributed by atoms with E-state index in [0.29, 0.717) is 12.1 Å². The average Bonchev–Trinajstić information content (AvgIpc) is 3.17. The Morgan fingerprint density at radius 2 is 1.68 bits per heavy atom. The minimum Gasteiger partial charge on any atom is -0.306 e. The molecule has 2 aliphatic carbocycles. The molecule has 2 heteroatoms. The van der Waals surface area contributed by atoms with Crippen molar-refractivity contribution in [3.8, 4) is 0 Å². The highest BCUT2D eigenvalue weighted by Gasteiger charge is 2.30. The second-order valence-electron chi connectivity index (χ2n) is 6.54. The Balaban J connectivity index is 1.68. The first-order chi connectivity index (χ1) is 9.34. The maximum Gasteiger partial charge on any atom is 0.0445 e. The highest BCUT2D eigenvalue weighted by molar-refractivity contribution is 7.10. The zero-order valence-corrected chi connectivity index (χ0v) is 12.9. The van der Waals surface area contributed by atoms with Gasteiger partial charge in [-0.1, -0.05) is 31.7 Å². The van der Waals surface area contributed by atoms with Gasteiger partial charge in [-0.3, -0.25) is 0 Å². The summed E-state index contributed by atoms with van der Waals surface area (Å²) in [5.41, 5.74) is 0. The summed E-state index contributed by atoms with van der Waals surface area (Å²) in [6.07, 6.45) is 11.5. The van der Waals surface area contributed by atoms with Crippen molar-refractivity contribution < 1.29 is 0 Å². The van der Waals surface area contributed by atoms with Crippen LogP contribution in [-0.2, 0) is 0 Å². The Labute approximate surface area is 121 Å². The van der Waals surface area contributed by atoms with Gasteiger partial charge in [0.15, 0.2) is 0 Å². The number of nitrogens with one attached hydrogen (secondary N) is 1. The van der Waals surface area contributed by atoms with Crippen molar-refractivity contribution in [2.24, 2.45) is 11.8 Å². The molecular formula is C17H27NS. The third kappa shape index (κ3) is 3.22. The van der Waals surface area contributed by atoms with Crippen molar-refractivity contribution >= 4 is 11.3 Å². The van der Waals surface area contributed by atoms with Crippen LogP contribution >= 0.6 is 11.3 Å². The van der Waals surface area contributed by atoms with Crippen LogP contribution < -0.4 is 5.32 Å². The Morgan fingerprint density at radius 1 is 1.05 bits per heavy atom. The first-order valence-electron chi connectivity index (χ1n) is 8.14. The van der Waals surface area contributed by atoms with E-state index in [1.807, 2.05) is 11.3 Å². The van der Waals surface area contributed by atoms with Gasteiger partial charge < -0.3 is 5.32 Å². The smallest absolute Gasteiger partial charge is 0.0445 e. The van der Waals surface area contributed by atoms with Gasteiger partial charge in [-0.2, -0.15) is 0 Å². The summed E-state index contributed by atoms with van der Waals surface area (Å²) in [5, 5.41) is 6.25. The van der Waals surface area contributed by atoms with E-state index in [1.165, 1.54) is 51.4 Å². The minimum absolute atomic E-state index is 0.623. The van der Waals surface area contributed by atoms with E-state index < -0.39 is 0 Å². The molecule has 0 bridgehead atoms. The van der Waals surface area contributed by atoms with Crippen LogP contribution in [0.3, 0.4) is 0 Å². The number of hydrogen-bond donors (Lipinski definition) is 1. The maximum atomic E-state index is 4.01. The standard InChI is InChI=1S/C17H27NS/c1-13(14-7-2-3-8-14)18-17(15-9-4-5-10-15)16-11-6-12-19-16/h6,11-15,17-18H,2-5,7-10H2,1H3/t13-,17?/m1/s1. The van der Waals surface area contributed by atoms with Crippen LogP contribution in [0.1, 0.15) is 69.2 Å². The lowest BCUT2D eigenvalue weighted by Crippen LogP contribution is -2.38. The van der Waals surface area contributed by atoms with Crippen LogP contribution in [0.25, 0.3) is 0 Å². The van der Waals surface area contributed by atoms with Gasteiger partial charge in [0.25, 0.3) is 0 Å². The van der Waals surface area contributed by atoms with E-state index >= 15 is 0 Å². The molecule has 2 aliphatic rings. The Hall–Kier alpha value is -0.340. The fourth-order valence-electron chi connectivity index (χ4n) is 4.09. The number of rotatable bonds is 5. The SMILES string of the molecule is C[C@@H](NC(c1cccs1)C1CCCC1)C1CCCC1. The summed E-state index contributed by atoms with van der Waals surface area (Å²) in [5.74, 6) is 1.80. The second kappa shape index (κ2) is 6.41. The topological polar surface area (TPSA) is 12.0 Å². The van der Waals surface area contributed by atoms with Gasteiger partial charge >= 0.3 is 0 Å². The molecule has 1 unspecified atom stereocenters. The predicted molar refractivity (Wildman–Crippen MR) is 83.6 cm³/mol. The second-order valence-corrected chi connectivity index (χ2v) is 7.52. The van der Waals surface area contributed by atoms with Crippen LogP contribution in [0.4, 0.5) is 0 Å². The van der Waals surface area contributed by atoms with Gasteiger partial charge in [0.2, 0.25) is 0 Å². The molecule has 2 saturated carbocycles. The Kier molecular flexibility index (Phi) is 4.60. The maximum absolute atomic E-state index is 4.01. The van der Waals surface area contributed by atoms with Crippen LogP contribution in [-0.4, -0.2) is 6.04 Å². The van der Waals surface area contributed by atoms with Crippen molar-refractivity contribution in [2.45, 2.75) is 70.4 Å². The fraction of sp³-hybridized carbons (Fsp3) is 0.765. The molecular weight excluding hydrogens is 250 g/mol. The molecule has 2 atom stereocenters. The lowest BCUT2D eigenvalue weighted by atomic mass is 9.93. The molecule has 106 valence electrons. The van der Waals surface area contributed by atoms with Crippen molar-refractivity contribution in [1.82, 2.24) is 5.32 Å². The summed E-state index contributed by atoms with van der Waals surface area (Å²) < 4.78 is 0. The highest BCUT2D eigenvalue weighted by Crippen LogP contribution is 2.39. The third-order valence-electron chi connectivity index (χ3n) is 5.27. The summed E-state index contributed by atoms with van der Waals surface area (Å²) in [6, 6.07) is 5.86. The third-order valence-corrected chi connectivity index (χ3v) is 6.23. The first kappa shape index (κ1) is 13.6. The number of hydrogen-bond acceptors (Lipinski definition) is 2. The molecule has 1 heterocycles. The van der Waals surface area contributed by atoms with Gasteiger partial charge in [-0.15, -0.1) is 11.3 Å². The van der Waals surface area contributed by atoms with E-state index in [2.05, 4.69) is 29.8 Å². The zero-order valence-electron chi connectivity index (χ0n) is 12.1. The summed E-state index contributed by atoms with van der Waals surface area (Å²) in [6.45, 7) is 2.42. The van der Waals surface area contributed by atoms with Gasteiger partial charge in [-0.25, -0.2) is 0 Å². The van der Waals surface area contributed by atoms with Gasteiger partial charge in [0.05, 0.1) is 0 Å². The molecule has 2 fully saturated rings. The van der Waals surface area contributed by atoms with E-state index in [0.717, 1.165) is 11.8 Å². The Morgan fingerprint density at radius 3 is 2.26 bits per heavy atom. The largest absolute Gasteiger partial charge is 0.306 e. The van der Waals surface area contributed by atoms with Gasteiger partial charge in [-0.05, 0) is 55.9 Å². The van der Waals surface area contributed by atoms with E-state index in [1.54, 1.807) is 4.88 Å². The van der Waals surface area contributed by atoms with Gasteiger partial charge in [0.1, 0.15) is 0 Å². The number of thiophene rings is 1. The van der Waals surface area contributed by atoms with E-state index in [4.69, 9.17) is 0 Å². The molecule has 0 saturated heterocycles. The normalized spacial score (nSPS) is 24.9. The summed E-state index contributed by atoms with van der Waals surface area (Å²) in [7, 11) is 0. The van der Waals surface area contributed by atoms with Crippen LogP contribution in [0.15, 0.2) is 17.5 Å². The molecule has 0 spiro atoms. The summed E-state index contributed by atoms with van der Waals surface area (Å²) in [4.78, 5) is 1.57. The van der Waals surface area contributed by atoms with E-state index in [-0.39, 0.29) is 0 Å². The molecule has 0 aliphatic heterocycles. The van der Waals surface area contributed by atoms with Crippen molar-refractivity contribution in [3.63, 3.8) is 0 Å². The zero-order chi connectivity index (χ0) is 13.1. The lowest BCUT2D eigenvalue weighted by Gasteiger charge is -2.30. The first-order valence-corrected chi connectivity index (χ1v) is 9.02. The fourth-order valence-corrected chi connectivity index (χ4v) is 4.96. The minimum atomic E-state index is 0.623. The quantitative estimate of drug-likeness (QED) is 0.785. The molecule has 1 aromatic rings. The molecule has 0 radical (unpaired) electrons. The monoisotopic (exact) mass is 277 g/mol. The molecule has 0 amide bonds. The van der Waals surface area contributed by atoms with Crippen LogP contribution in [0.2, 0.25) is 0 Å².